The normalized spacial score (nSPS) is 39.8. The summed E-state index contributed by atoms with van der Waals surface area (Å²) in [5.41, 5.74) is 0.267. The molecule has 64 valence electrons. The third-order valence-corrected chi connectivity index (χ3v) is 3.18. The van der Waals surface area contributed by atoms with Crippen LogP contribution in [0.5, 0.6) is 0 Å². The fraction of sp³-hybridized carbons (Fsp3) is 0.545. The van der Waals surface area contributed by atoms with E-state index in [-0.39, 0.29) is 5.41 Å². The molecule has 2 aliphatic rings. The van der Waals surface area contributed by atoms with Gasteiger partial charge in [0.15, 0.2) is 5.78 Å². The zero-order valence-corrected chi connectivity index (χ0v) is 7.42. The van der Waals surface area contributed by atoms with Crippen molar-refractivity contribution < 1.29 is 4.79 Å². The van der Waals surface area contributed by atoms with Crippen molar-refractivity contribution in [1.29, 1.82) is 0 Å². The van der Waals surface area contributed by atoms with Gasteiger partial charge in [-0.15, -0.1) is 0 Å². The quantitative estimate of drug-likeness (QED) is 0.500. The van der Waals surface area contributed by atoms with Gasteiger partial charge in [-0.2, -0.15) is 0 Å². The van der Waals surface area contributed by atoms with Crippen LogP contribution in [0.2, 0.25) is 0 Å². The first-order valence-electron chi connectivity index (χ1n) is 4.58. The highest BCUT2D eigenvalue weighted by atomic mass is 16.1. The maximum atomic E-state index is 11.1. The largest absolute Gasteiger partial charge is 0.295 e. The van der Waals surface area contributed by atoms with Gasteiger partial charge in [-0.25, -0.2) is 0 Å². The number of allylic oxidation sites excluding steroid dienone is 4. The fourth-order valence-electron chi connectivity index (χ4n) is 2.15. The minimum atomic E-state index is 0.267. The van der Waals surface area contributed by atoms with Gasteiger partial charge in [-0.1, -0.05) is 25.2 Å². The van der Waals surface area contributed by atoms with Crippen molar-refractivity contribution in [3.63, 3.8) is 0 Å². The standard InChI is InChI=1S/C11H14O/c1-11-6-3-2-4-9(11)8-10(12)5-7-11/h2-3,5,7,9H,4,6,8H2,1H3/t9-,11+/m0/s1. The number of ketones is 1. The maximum absolute atomic E-state index is 11.1. The lowest BCUT2D eigenvalue weighted by molar-refractivity contribution is -0.117. The van der Waals surface area contributed by atoms with Gasteiger partial charge in [0.05, 0.1) is 0 Å². The molecule has 0 aromatic carbocycles. The van der Waals surface area contributed by atoms with Gasteiger partial charge in [-0.05, 0) is 30.3 Å². The Labute approximate surface area is 73.2 Å². The summed E-state index contributed by atoms with van der Waals surface area (Å²) in [6, 6.07) is 0. The van der Waals surface area contributed by atoms with Crippen molar-refractivity contribution in [2.24, 2.45) is 11.3 Å². The average molecular weight is 162 g/mol. The molecule has 0 unspecified atom stereocenters. The van der Waals surface area contributed by atoms with Gasteiger partial charge in [0, 0.05) is 6.42 Å². The highest BCUT2D eigenvalue weighted by molar-refractivity contribution is 5.91. The highest BCUT2D eigenvalue weighted by Gasteiger charge is 2.35. The van der Waals surface area contributed by atoms with Gasteiger partial charge < -0.3 is 0 Å². The Bertz CT molecular complexity index is 262. The van der Waals surface area contributed by atoms with Crippen LogP contribution in [0.4, 0.5) is 0 Å². The SMILES string of the molecule is C[C@@]12C=CC(=O)C[C@@H]1CC=CC2. The van der Waals surface area contributed by atoms with E-state index in [1.807, 2.05) is 0 Å². The molecule has 0 bridgehead atoms. The summed E-state index contributed by atoms with van der Waals surface area (Å²) >= 11 is 0. The molecule has 0 spiro atoms. The minimum Gasteiger partial charge on any atom is -0.295 e. The molecule has 2 atom stereocenters. The van der Waals surface area contributed by atoms with Crippen LogP contribution in [-0.2, 0) is 4.79 Å². The second-order valence-corrected chi connectivity index (χ2v) is 4.12. The van der Waals surface area contributed by atoms with Crippen LogP contribution < -0.4 is 0 Å². The van der Waals surface area contributed by atoms with Crippen LogP contribution in [-0.4, -0.2) is 5.78 Å². The Morgan fingerprint density at radius 1 is 1.50 bits per heavy atom. The third-order valence-electron chi connectivity index (χ3n) is 3.18. The van der Waals surface area contributed by atoms with E-state index >= 15 is 0 Å². The third kappa shape index (κ3) is 1.13. The van der Waals surface area contributed by atoms with E-state index in [9.17, 15) is 4.79 Å². The molecule has 0 aliphatic heterocycles. The second-order valence-electron chi connectivity index (χ2n) is 4.12. The van der Waals surface area contributed by atoms with Gasteiger partial charge in [0.25, 0.3) is 0 Å². The number of rotatable bonds is 0. The van der Waals surface area contributed by atoms with E-state index in [2.05, 4.69) is 25.2 Å². The van der Waals surface area contributed by atoms with Gasteiger partial charge in [-0.3, -0.25) is 4.79 Å². The summed E-state index contributed by atoms with van der Waals surface area (Å²) in [6.45, 7) is 2.25. The molecule has 0 saturated carbocycles. The molecule has 0 heterocycles. The fourth-order valence-corrected chi connectivity index (χ4v) is 2.15. The van der Waals surface area contributed by atoms with E-state index in [1.54, 1.807) is 6.08 Å². The number of fused-ring (bicyclic) bond motifs is 1. The van der Waals surface area contributed by atoms with Crippen LogP contribution in [0, 0.1) is 11.3 Å². The monoisotopic (exact) mass is 162 g/mol. The first-order valence-corrected chi connectivity index (χ1v) is 4.58. The van der Waals surface area contributed by atoms with Crippen LogP contribution >= 0.6 is 0 Å². The van der Waals surface area contributed by atoms with Crippen LogP contribution in [0.25, 0.3) is 0 Å². The summed E-state index contributed by atoms with van der Waals surface area (Å²) in [4.78, 5) is 11.1. The number of hydrogen-bond donors (Lipinski definition) is 0. The summed E-state index contributed by atoms with van der Waals surface area (Å²) in [5, 5.41) is 0. The van der Waals surface area contributed by atoms with E-state index in [4.69, 9.17) is 0 Å². The van der Waals surface area contributed by atoms with Crippen LogP contribution in [0.1, 0.15) is 26.2 Å². The summed E-state index contributed by atoms with van der Waals surface area (Å²) in [7, 11) is 0. The Balaban J connectivity index is 2.30. The van der Waals surface area contributed by atoms with Crippen molar-refractivity contribution in [3.05, 3.63) is 24.3 Å². The summed E-state index contributed by atoms with van der Waals surface area (Å²) < 4.78 is 0. The lowest BCUT2D eigenvalue weighted by Gasteiger charge is -2.38. The second kappa shape index (κ2) is 2.58. The molecule has 0 N–H and O–H groups in total. The molecule has 0 aromatic heterocycles. The topological polar surface area (TPSA) is 17.1 Å². The van der Waals surface area contributed by atoms with Gasteiger partial charge in [0.1, 0.15) is 0 Å². The van der Waals surface area contributed by atoms with Crippen molar-refractivity contribution in [2.75, 3.05) is 0 Å². The molecule has 0 radical (unpaired) electrons. The minimum absolute atomic E-state index is 0.267. The first-order chi connectivity index (χ1) is 5.71. The Morgan fingerprint density at radius 2 is 2.33 bits per heavy atom. The number of carbonyl (C=O) groups excluding carboxylic acids is 1. The molecule has 1 nitrogen and oxygen atoms in total. The van der Waals surface area contributed by atoms with Crippen molar-refractivity contribution >= 4 is 5.78 Å². The maximum Gasteiger partial charge on any atom is 0.155 e. The summed E-state index contributed by atoms with van der Waals surface area (Å²) in [5.74, 6) is 0.854. The predicted molar refractivity (Wildman–Crippen MR) is 48.7 cm³/mol. The first kappa shape index (κ1) is 7.78. The molecule has 0 aromatic rings. The van der Waals surface area contributed by atoms with E-state index in [1.165, 1.54) is 0 Å². The molecule has 12 heavy (non-hydrogen) atoms. The predicted octanol–water partition coefficient (Wildman–Crippen LogP) is 2.49. The van der Waals surface area contributed by atoms with Gasteiger partial charge in [0.2, 0.25) is 0 Å². The van der Waals surface area contributed by atoms with Gasteiger partial charge >= 0.3 is 0 Å². The summed E-state index contributed by atoms with van der Waals surface area (Å²) in [6.07, 6.45) is 11.2. The molecule has 0 fully saturated rings. The van der Waals surface area contributed by atoms with Crippen molar-refractivity contribution in [3.8, 4) is 0 Å². The lowest BCUT2D eigenvalue weighted by Crippen LogP contribution is -2.31. The van der Waals surface area contributed by atoms with Crippen molar-refractivity contribution in [2.45, 2.75) is 26.2 Å². The molecular weight excluding hydrogens is 148 g/mol. The molecule has 0 amide bonds. The van der Waals surface area contributed by atoms with E-state index < -0.39 is 0 Å². The Kier molecular flexibility index (Phi) is 1.67. The number of carbonyl (C=O) groups is 1. The van der Waals surface area contributed by atoms with Crippen LogP contribution in [0.15, 0.2) is 24.3 Å². The molecule has 2 rings (SSSR count). The van der Waals surface area contributed by atoms with Crippen LogP contribution in [0.3, 0.4) is 0 Å². The Morgan fingerprint density at radius 3 is 3.17 bits per heavy atom. The highest BCUT2D eigenvalue weighted by Crippen LogP contribution is 2.43. The average Bonchev–Trinajstić information content (AvgIpc) is 2.06. The molecular formula is C11H14O. The van der Waals surface area contributed by atoms with E-state index in [0.717, 1.165) is 19.3 Å². The molecule has 1 heteroatoms. The number of hydrogen-bond acceptors (Lipinski definition) is 1. The van der Waals surface area contributed by atoms with E-state index in [0.29, 0.717) is 11.7 Å². The zero-order valence-electron chi connectivity index (χ0n) is 7.42. The zero-order chi connectivity index (χ0) is 8.60. The lowest BCUT2D eigenvalue weighted by atomic mass is 9.66. The Hall–Kier alpha value is -0.850. The smallest absolute Gasteiger partial charge is 0.155 e. The molecule has 2 aliphatic carbocycles. The van der Waals surface area contributed by atoms with Crippen molar-refractivity contribution in [1.82, 2.24) is 0 Å². The molecule has 0 saturated heterocycles.